The molecule has 1 aromatic rings. The third kappa shape index (κ3) is 3.49. The fourth-order valence-electron chi connectivity index (χ4n) is 3.95. The number of nitrogens with zero attached hydrogens (tertiary/aromatic N) is 3. The summed E-state index contributed by atoms with van der Waals surface area (Å²) in [4.78, 5) is 42.3. The average molecular weight is 503 g/mol. The quantitative estimate of drug-likeness (QED) is 0.500. The molecule has 2 aliphatic heterocycles. The molecule has 0 spiro atoms. The molecule has 1 amide bonds. The summed E-state index contributed by atoms with van der Waals surface area (Å²) >= 11 is 0. The number of piperazine rings is 1. The van der Waals surface area contributed by atoms with E-state index in [1.165, 1.54) is 4.90 Å². The number of benzene rings is 1. The second-order valence-electron chi connectivity index (χ2n) is 7.32. The van der Waals surface area contributed by atoms with Crippen molar-refractivity contribution in [3.05, 3.63) is 23.5 Å². The number of aliphatic carboxylic acids is 1. The number of ketones is 1. The molecule has 0 radical (unpaired) electrons. The van der Waals surface area contributed by atoms with Crippen LogP contribution in [0.4, 0.5) is 15.8 Å². The number of anilines is 2. The first-order valence-corrected chi connectivity index (χ1v) is 9.33. The number of carboxylic acids is 1. The molecule has 1 aromatic carbocycles. The van der Waals surface area contributed by atoms with Gasteiger partial charge in [-0.15, -0.1) is 24.0 Å². The number of rotatable bonds is 4. The minimum atomic E-state index is -1.78. The number of halogens is 2. The van der Waals surface area contributed by atoms with Crippen molar-refractivity contribution in [1.82, 2.24) is 4.90 Å². The van der Waals surface area contributed by atoms with Crippen LogP contribution >= 0.6 is 24.0 Å². The highest BCUT2D eigenvalue weighted by Gasteiger charge is 2.49. The first kappa shape index (κ1) is 21.0. The number of carbonyl (C=O) groups excluding carboxylic acids is 2. The summed E-state index contributed by atoms with van der Waals surface area (Å²) in [6, 6.07) is 2.55. The Kier molecular flexibility index (Phi) is 5.95. The van der Waals surface area contributed by atoms with Gasteiger partial charge in [0.2, 0.25) is 5.91 Å². The number of Topliss-reactive ketones (excluding diaryl/α,β-unsaturated/α-hetero) is 1. The van der Waals surface area contributed by atoms with E-state index in [0.29, 0.717) is 24.5 Å². The molecule has 1 unspecified atom stereocenters. The predicted octanol–water partition coefficient (Wildman–Crippen LogP) is 1.98. The van der Waals surface area contributed by atoms with Crippen molar-refractivity contribution in [3.8, 4) is 0 Å². The molecule has 4 rings (SSSR count). The van der Waals surface area contributed by atoms with Gasteiger partial charge >= 0.3 is 5.97 Å². The molecule has 9 heteroatoms. The second-order valence-corrected chi connectivity index (χ2v) is 7.32. The van der Waals surface area contributed by atoms with Crippen LogP contribution in [0.3, 0.4) is 0 Å². The van der Waals surface area contributed by atoms with Crippen molar-refractivity contribution in [1.29, 1.82) is 0 Å². The van der Waals surface area contributed by atoms with Crippen LogP contribution in [0.15, 0.2) is 12.1 Å². The monoisotopic (exact) mass is 503 g/mol. The van der Waals surface area contributed by atoms with Gasteiger partial charge in [-0.05, 0) is 31.5 Å². The van der Waals surface area contributed by atoms with Crippen LogP contribution in [-0.2, 0) is 9.59 Å². The van der Waals surface area contributed by atoms with Gasteiger partial charge in [-0.1, -0.05) is 6.92 Å². The van der Waals surface area contributed by atoms with Crippen LogP contribution in [0.1, 0.15) is 30.1 Å². The zero-order valence-electron chi connectivity index (χ0n) is 15.6. The number of hydrogen-bond acceptors (Lipinski definition) is 5. The van der Waals surface area contributed by atoms with Gasteiger partial charge in [0.05, 0.1) is 11.4 Å². The Hall–Kier alpha value is -1.75. The van der Waals surface area contributed by atoms with E-state index in [2.05, 4.69) is 11.8 Å². The topological polar surface area (TPSA) is 81.2 Å². The van der Waals surface area contributed by atoms with E-state index in [-0.39, 0.29) is 35.6 Å². The largest absolute Gasteiger partial charge is 0.480 e. The van der Waals surface area contributed by atoms with Gasteiger partial charge in [-0.2, -0.15) is 0 Å². The van der Waals surface area contributed by atoms with Gasteiger partial charge in [-0.3, -0.25) is 14.4 Å². The van der Waals surface area contributed by atoms with E-state index in [1.807, 2.05) is 4.90 Å². The molecule has 28 heavy (non-hydrogen) atoms. The number of carboxylic acid groups (broad SMARTS) is 1. The lowest BCUT2D eigenvalue weighted by molar-refractivity contribution is -0.144. The fraction of sp³-hybridized carbons (Fsp3) is 0.526. The lowest BCUT2D eigenvalue weighted by Gasteiger charge is -2.37. The average Bonchev–Trinajstić information content (AvgIpc) is 3.47. The van der Waals surface area contributed by atoms with Crippen molar-refractivity contribution in [2.75, 3.05) is 42.5 Å². The van der Waals surface area contributed by atoms with Gasteiger partial charge in [0.1, 0.15) is 5.82 Å². The molecule has 1 atom stereocenters. The normalized spacial score (nSPS) is 22.7. The van der Waals surface area contributed by atoms with Gasteiger partial charge < -0.3 is 19.8 Å². The van der Waals surface area contributed by atoms with Gasteiger partial charge in [0.15, 0.2) is 11.7 Å². The third-order valence-electron chi connectivity index (χ3n) is 5.66. The number of fused-ring (bicyclic) bond motifs is 1. The molecule has 0 aromatic heterocycles. The Bertz CT molecular complexity index is 822. The van der Waals surface area contributed by atoms with E-state index in [1.54, 1.807) is 6.07 Å². The summed E-state index contributed by atoms with van der Waals surface area (Å²) in [6.07, 6.45) is 1.52. The number of hydrogen-bond donors (Lipinski definition) is 1. The third-order valence-corrected chi connectivity index (χ3v) is 5.66. The van der Waals surface area contributed by atoms with Crippen LogP contribution in [0.25, 0.3) is 0 Å². The van der Waals surface area contributed by atoms with Gasteiger partial charge in [-0.25, -0.2) is 4.39 Å². The highest BCUT2D eigenvalue weighted by Crippen LogP contribution is 2.42. The molecule has 0 bridgehead atoms. The Balaban J connectivity index is 0.00000225. The maximum atomic E-state index is 14.8. The van der Waals surface area contributed by atoms with Crippen LogP contribution in [0, 0.1) is 11.7 Å². The lowest BCUT2D eigenvalue weighted by atomic mass is 9.89. The SMILES string of the molecule is CCN1CCN(c2cc3c(cc2F)C(=O)C(C(=O)O)C(=O)N3C2CC2)CC1.I. The van der Waals surface area contributed by atoms with Gasteiger partial charge in [0, 0.05) is 37.8 Å². The van der Waals surface area contributed by atoms with Crippen molar-refractivity contribution in [2.24, 2.45) is 5.92 Å². The van der Waals surface area contributed by atoms with Crippen LogP contribution < -0.4 is 9.80 Å². The molecule has 1 N–H and O–H groups in total. The summed E-state index contributed by atoms with van der Waals surface area (Å²) < 4.78 is 14.8. The number of carbonyl (C=O) groups is 3. The van der Waals surface area contributed by atoms with E-state index in [4.69, 9.17) is 0 Å². The van der Waals surface area contributed by atoms with E-state index >= 15 is 0 Å². The fourth-order valence-corrected chi connectivity index (χ4v) is 3.95. The molecular weight excluding hydrogens is 480 g/mol. The standard InChI is InChI=1S/C19H22FN3O4.HI/c1-2-21-5-7-22(8-6-21)15-10-14-12(9-13(15)20)17(24)16(19(26)27)18(25)23(14)11-3-4-11;/h9-11,16H,2-8H2,1H3,(H,26,27);1H. The minimum Gasteiger partial charge on any atom is -0.480 e. The Morgan fingerprint density at radius 2 is 1.79 bits per heavy atom. The first-order chi connectivity index (χ1) is 12.9. The predicted molar refractivity (Wildman–Crippen MR) is 112 cm³/mol. The van der Waals surface area contributed by atoms with Crippen LogP contribution in [0.2, 0.25) is 0 Å². The number of likely N-dealkylation sites (N-methyl/N-ethyl adjacent to an activating group) is 1. The molecule has 152 valence electrons. The lowest BCUT2D eigenvalue weighted by Crippen LogP contribution is -2.49. The van der Waals surface area contributed by atoms with Crippen molar-refractivity contribution in [3.63, 3.8) is 0 Å². The molecule has 1 saturated carbocycles. The summed E-state index contributed by atoms with van der Waals surface area (Å²) in [5, 5.41) is 9.33. The van der Waals surface area contributed by atoms with Crippen molar-refractivity contribution in [2.45, 2.75) is 25.8 Å². The summed E-state index contributed by atoms with van der Waals surface area (Å²) in [6.45, 7) is 5.98. The van der Waals surface area contributed by atoms with Crippen LogP contribution in [-0.4, -0.2) is 66.4 Å². The van der Waals surface area contributed by atoms with E-state index in [9.17, 15) is 23.9 Å². The maximum absolute atomic E-state index is 14.8. The molecule has 2 fully saturated rings. The zero-order chi connectivity index (χ0) is 19.3. The summed E-state index contributed by atoms with van der Waals surface area (Å²) in [5.74, 6) is -5.37. The smallest absolute Gasteiger partial charge is 0.324 e. The highest BCUT2D eigenvalue weighted by molar-refractivity contribution is 14.0. The zero-order valence-corrected chi connectivity index (χ0v) is 17.9. The highest BCUT2D eigenvalue weighted by atomic mass is 127. The first-order valence-electron chi connectivity index (χ1n) is 9.33. The Morgan fingerprint density at radius 3 is 2.32 bits per heavy atom. The molecule has 7 nitrogen and oxygen atoms in total. The summed E-state index contributed by atoms with van der Waals surface area (Å²) in [5.41, 5.74) is 0.700. The Labute approximate surface area is 179 Å². The van der Waals surface area contributed by atoms with Crippen LogP contribution in [0.5, 0.6) is 0 Å². The molecule has 2 heterocycles. The van der Waals surface area contributed by atoms with E-state index in [0.717, 1.165) is 38.5 Å². The van der Waals surface area contributed by atoms with Crippen molar-refractivity contribution >= 4 is 53.0 Å². The Morgan fingerprint density at radius 1 is 1.14 bits per heavy atom. The maximum Gasteiger partial charge on any atom is 0.324 e. The van der Waals surface area contributed by atoms with E-state index < -0.39 is 29.4 Å². The molecule has 3 aliphatic rings. The van der Waals surface area contributed by atoms with Gasteiger partial charge in [0.25, 0.3) is 0 Å². The molecular formula is C19H23FIN3O4. The second kappa shape index (κ2) is 7.94. The molecule has 1 saturated heterocycles. The summed E-state index contributed by atoms with van der Waals surface area (Å²) in [7, 11) is 0. The molecule has 1 aliphatic carbocycles. The number of amides is 1. The minimum absolute atomic E-state index is 0. The van der Waals surface area contributed by atoms with Crippen molar-refractivity contribution < 1.29 is 23.9 Å².